The smallest absolute Gasteiger partial charge is 0.379 e. The Hall–Kier alpha value is -2.47. The molecule has 0 spiro atoms. The van der Waals surface area contributed by atoms with Crippen molar-refractivity contribution in [3.05, 3.63) is 48.6 Å². The number of ketones is 1. The highest BCUT2D eigenvalue weighted by molar-refractivity contribution is 6.40. The fourth-order valence-corrected chi connectivity index (χ4v) is 1.33. The Labute approximate surface area is 122 Å². The Morgan fingerprint density at radius 2 is 1.57 bits per heavy atom. The lowest BCUT2D eigenvalue weighted by Crippen LogP contribution is -2.20. The summed E-state index contributed by atoms with van der Waals surface area (Å²) in [6, 6.07) is 8.14. The summed E-state index contributed by atoms with van der Waals surface area (Å²) in [5.41, 5.74) is 0.278. The van der Waals surface area contributed by atoms with E-state index in [0.717, 1.165) is 6.08 Å². The average Bonchev–Trinajstić information content (AvgIpc) is 2.53. The summed E-state index contributed by atoms with van der Waals surface area (Å²) < 4.78 is 14.5. The molecule has 1 aromatic carbocycles. The quantitative estimate of drug-likeness (QED) is 0.223. The third kappa shape index (κ3) is 6.49. The molecule has 0 N–H and O–H groups in total. The van der Waals surface area contributed by atoms with Crippen LogP contribution in [0.3, 0.4) is 0 Å². The summed E-state index contributed by atoms with van der Waals surface area (Å²) in [5.74, 6) is -2.16. The van der Waals surface area contributed by atoms with Crippen molar-refractivity contribution >= 4 is 17.7 Å². The largest absolute Gasteiger partial charge is 0.460 e. The van der Waals surface area contributed by atoms with Gasteiger partial charge in [0.05, 0.1) is 13.2 Å². The molecule has 0 heterocycles. The van der Waals surface area contributed by atoms with E-state index in [1.165, 1.54) is 12.1 Å². The van der Waals surface area contributed by atoms with Gasteiger partial charge in [-0.1, -0.05) is 36.9 Å². The molecule has 0 bridgehead atoms. The Kier molecular flexibility index (Phi) is 7.45. The van der Waals surface area contributed by atoms with Crippen LogP contribution >= 0.6 is 0 Å². The lowest BCUT2D eigenvalue weighted by molar-refractivity contribution is -0.141. The van der Waals surface area contributed by atoms with Crippen molar-refractivity contribution < 1.29 is 28.6 Å². The van der Waals surface area contributed by atoms with Gasteiger partial charge in [0.15, 0.2) is 0 Å². The standard InChI is InChI=1S/C15H16O6/c1-2-13(16)20-10-8-19-9-11-21-15(18)14(17)12-6-4-3-5-7-12/h2-7H,1,8-11H2. The number of Topliss-reactive ketones (excluding diaryl/α,β-unsaturated/α-hetero) is 1. The molecular formula is C15H16O6. The van der Waals surface area contributed by atoms with Crippen molar-refractivity contribution in [1.29, 1.82) is 0 Å². The van der Waals surface area contributed by atoms with Crippen LogP contribution in [-0.2, 0) is 23.8 Å². The van der Waals surface area contributed by atoms with E-state index < -0.39 is 17.7 Å². The second kappa shape index (κ2) is 9.44. The van der Waals surface area contributed by atoms with E-state index in [0.29, 0.717) is 0 Å². The zero-order chi connectivity index (χ0) is 15.5. The zero-order valence-electron chi connectivity index (χ0n) is 11.4. The number of benzene rings is 1. The summed E-state index contributed by atoms with van der Waals surface area (Å²) in [5, 5.41) is 0. The second-order valence-corrected chi connectivity index (χ2v) is 3.82. The Morgan fingerprint density at radius 3 is 2.19 bits per heavy atom. The fraction of sp³-hybridized carbons (Fsp3) is 0.267. The maximum atomic E-state index is 11.6. The molecule has 6 nitrogen and oxygen atoms in total. The van der Waals surface area contributed by atoms with E-state index in [4.69, 9.17) is 9.47 Å². The number of rotatable bonds is 9. The molecule has 0 saturated carbocycles. The lowest BCUT2D eigenvalue weighted by Gasteiger charge is -2.06. The highest BCUT2D eigenvalue weighted by Crippen LogP contribution is 2.01. The SMILES string of the molecule is C=CC(=O)OCCOCCOC(=O)C(=O)c1ccccc1. The van der Waals surface area contributed by atoms with Crippen LogP contribution < -0.4 is 0 Å². The molecule has 0 aliphatic carbocycles. The van der Waals surface area contributed by atoms with Crippen molar-refractivity contribution in [3.8, 4) is 0 Å². The van der Waals surface area contributed by atoms with Gasteiger partial charge < -0.3 is 14.2 Å². The molecule has 21 heavy (non-hydrogen) atoms. The Morgan fingerprint density at radius 1 is 0.952 bits per heavy atom. The van der Waals surface area contributed by atoms with Gasteiger partial charge in [0, 0.05) is 11.6 Å². The molecule has 0 saturated heterocycles. The minimum atomic E-state index is -0.928. The third-order valence-corrected chi connectivity index (χ3v) is 2.32. The molecule has 1 rings (SSSR count). The number of carbonyl (C=O) groups excluding carboxylic acids is 3. The summed E-state index contributed by atoms with van der Waals surface area (Å²) in [7, 11) is 0. The van der Waals surface area contributed by atoms with E-state index in [1.807, 2.05) is 0 Å². The maximum Gasteiger partial charge on any atom is 0.379 e. The second-order valence-electron chi connectivity index (χ2n) is 3.82. The predicted molar refractivity (Wildman–Crippen MR) is 73.7 cm³/mol. The number of carbonyl (C=O) groups is 3. The number of esters is 2. The number of ether oxygens (including phenoxy) is 3. The number of hydrogen-bond donors (Lipinski definition) is 0. The molecule has 1 aromatic rings. The predicted octanol–water partition coefficient (Wildman–Crippen LogP) is 1.16. The van der Waals surface area contributed by atoms with Crippen molar-refractivity contribution in [1.82, 2.24) is 0 Å². The van der Waals surface area contributed by atoms with Crippen LogP contribution in [0.1, 0.15) is 10.4 Å². The molecule has 0 aliphatic rings. The third-order valence-electron chi connectivity index (χ3n) is 2.32. The van der Waals surface area contributed by atoms with Gasteiger partial charge >= 0.3 is 11.9 Å². The van der Waals surface area contributed by atoms with Crippen LogP contribution in [0.15, 0.2) is 43.0 Å². The molecule has 0 aliphatic heterocycles. The number of hydrogen-bond acceptors (Lipinski definition) is 6. The van der Waals surface area contributed by atoms with Gasteiger partial charge in [-0.3, -0.25) is 4.79 Å². The summed E-state index contributed by atoms with van der Waals surface area (Å²) in [6.45, 7) is 3.56. The first-order chi connectivity index (χ1) is 10.1. The Balaban J connectivity index is 2.13. The molecule has 0 aromatic heterocycles. The Bertz CT molecular complexity index is 494. The zero-order valence-corrected chi connectivity index (χ0v) is 11.4. The van der Waals surface area contributed by atoms with E-state index >= 15 is 0 Å². The van der Waals surface area contributed by atoms with Crippen LogP contribution in [0.25, 0.3) is 0 Å². The molecule has 0 unspecified atom stereocenters. The van der Waals surface area contributed by atoms with E-state index in [1.54, 1.807) is 18.2 Å². The lowest BCUT2D eigenvalue weighted by atomic mass is 10.1. The van der Waals surface area contributed by atoms with Gasteiger partial charge in [0.25, 0.3) is 5.78 Å². The first-order valence-corrected chi connectivity index (χ1v) is 6.28. The van der Waals surface area contributed by atoms with Crippen molar-refractivity contribution in [2.24, 2.45) is 0 Å². The summed E-state index contributed by atoms with van der Waals surface area (Å²) in [6.07, 6.45) is 1.05. The van der Waals surface area contributed by atoms with Gasteiger partial charge in [0.2, 0.25) is 0 Å². The summed E-state index contributed by atoms with van der Waals surface area (Å²) >= 11 is 0. The normalized spacial score (nSPS) is 9.71. The van der Waals surface area contributed by atoms with Gasteiger partial charge in [0.1, 0.15) is 13.2 Å². The highest BCUT2D eigenvalue weighted by atomic mass is 16.6. The van der Waals surface area contributed by atoms with Gasteiger partial charge in [-0.2, -0.15) is 0 Å². The van der Waals surface area contributed by atoms with E-state index in [9.17, 15) is 14.4 Å². The van der Waals surface area contributed by atoms with Crippen LogP contribution in [0.4, 0.5) is 0 Å². The maximum absolute atomic E-state index is 11.6. The highest BCUT2D eigenvalue weighted by Gasteiger charge is 2.16. The molecule has 112 valence electrons. The molecule has 0 amide bonds. The van der Waals surface area contributed by atoms with Crippen LogP contribution in [-0.4, -0.2) is 44.1 Å². The molecule has 0 radical (unpaired) electrons. The van der Waals surface area contributed by atoms with Crippen LogP contribution in [0.5, 0.6) is 0 Å². The molecule has 0 atom stereocenters. The van der Waals surface area contributed by atoms with Crippen LogP contribution in [0, 0.1) is 0 Å². The minimum absolute atomic E-state index is 0.0488. The monoisotopic (exact) mass is 292 g/mol. The minimum Gasteiger partial charge on any atom is -0.460 e. The summed E-state index contributed by atoms with van der Waals surface area (Å²) in [4.78, 5) is 33.8. The van der Waals surface area contributed by atoms with Crippen molar-refractivity contribution in [3.63, 3.8) is 0 Å². The van der Waals surface area contributed by atoms with Crippen LogP contribution in [0.2, 0.25) is 0 Å². The average molecular weight is 292 g/mol. The first-order valence-electron chi connectivity index (χ1n) is 6.28. The first kappa shape index (κ1) is 16.6. The fourth-order valence-electron chi connectivity index (χ4n) is 1.33. The van der Waals surface area contributed by atoms with Gasteiger partial charge in [-0.05, 0) is 0 Å². The van der Waals surface area contributed by atoms with Crippen molar-refractivity contribution in [2.75, 3.05) is 26.4 Å². The molecule has 0 fully saturated rings. The molecule has 6 heteroatoms. The van der Waals surface area contributed by atoms with E-state index in [-0.39, 0.29) is 32.0 Å². The van der Waals surface area contributed by atoms with E-state index in [2.05, 4.69) is 11.3 Å². The molecular weight excluding hydrogens is 276 g/mol. The van der Waals surface area contributed by atoms with Crippen molar-refractivity contribution in [2.45, 2.75) is 0 Å². The van der Waals surface area contributed by atoms with Gasteiger partial charge in [-0.15, -0.1) is 0 Å². The topological polar surface area (TPSA) is 78.9 Å². The van der Waals surface area contributed by atoms with Gasteiger partial charge in [-0.25, -0.2) is 9.59 Å².